The highest BCUT2D eigenvalue weighted by Gasteiger charge is 2.32. The van der Waals surface area contributed by atoms with Crippen LogP contribution < -0.4 is 0 Å². The molecule has 1 saturated carbocycles. The van der Waals surface area contributed by atoms with Crippen molar-refractivity contribution < 1.29 is 18.3 Å². The second kappa shape index (κ2) is 10.3. The van der Waals surface area contributed by atoms with Crippen molar-refractivity contribution in [3.8, 4) is 0 Å². The summed E-state index contributed by atoms with van der Waals surface area (Å²) in [6.45, 7) is 3.69. The quantitative estimate of drug-likeness (QED) is 0.406. The molecule has 0 aromatic heterocycles. The zero-order valence-electron chi connectivity index (χ0n) is 16.3. The number of hydrogen-bond acceptors (Lipinski definition) is 2. The van der Waals surface area contributed by atoms with E-state index in [2.05, 4.69) is 19.1 Å². The lowest BCUT2D eigenvalue weighted by atomic mass is 9.78. The molecule has 0 atom stereocenters. The van der Waals surface area contributed by atoms with Gasteiger partial charge in [-0.25, -0.2) is 8.78 Å². The molecule has 0 bridgehead atoms. The predicted molar refractivity (Wildman–Crippen MR) is 104 cm³/mol. The van der Waals surface area contributed by atoms with Gasteiger partial charge in [-0.3, -0.25) is 0 Å². The Hall–Kier alpha value is -1.26. The van der Waals surface area contributed by atoms with Gasteiger partial charge in [0.25, 0.3) is 0 Å². The highest BCUT2D eigenvalue weighted by atomic mass is 19.2. The molecule has 0 N–H and O–H groups in total. The molecule has 1 aromatic rings. The van der Waals surface area contributed by atoms with Gasteiger partial charge in [-0.15, -0.1) is 0 Å². The summed E-state index contributed by atoms with van der Waals surface area (Å²) in [6, 6.07) is 4.31. The number of allylic oxidation sites excluding steroid dienone is 1. The average Bonchev–Trinajstić information content (AvgIpc) is 2.71. The highest BCUT2D eigenvalue weighted by Crippen LogP contribution is 2.39. The van der Waals surface area contributed by atoms with Gasteiger partial charge in [-0.05, 0) is 62.1 Å². The SMILES string of the molecule is CCCCC/C=C/C1COC(C2CCC(c3ccc(F)c(F)c3)CC2)OC1. The van der Waals surface area contributed by atoms with Crippen LogP contribution in [0, 0.1) is 23.5 Å². The van der Waals surface area contributed by atoms with Gasteiger partial charge < -0.3 is 9.47 Å². The molecule has 4 heteroatoms. The zero-order chi connectivity index (χ0) is 19.1. The van der Waals surface area contributed by atoms with E-state index in [4.69, 9.17) is 9.47 Å². The van der Waals surface area contributed by atoms with Gasteiger partial charge in [0.05, 0.1) is 13.2 Å². The maximum Gasteiger partial charge on any atom is 0.160 e. The van der Waals surface area contributed by atoms with E-state index in [1.165, 1.54) is 31.4 Å². The number of benzene rings is 1. The van der Waals surface area contributed by atoms with E-state index >= 15 is 0 Å². The molecule has 0 radical (unpaired) electrons. The first-order chi connectivity index (χ1) is 13.2. The Labute approximate surface area is 161 Å². The minimum Gasteiger partial charge on any atom is -0.352 e. The molecule has 1 aliphatic heterocycles. The number of hydrogen-bond donors (Lipinski definition) is 0. The molecule has 2 nitrogen and oxygen atoms in total. The summed E-state index contributed by atoms with van der Waals surface area (Å²) in [5, 5.41) is 0. The molecule has 1 aromatic carbocycles. The fraction of sp³-hybridized carbons (Fsp3) is 0.652. The number of rotatable bonds is 7. The van der Waals surface area contributed by atoms with Crippen LogP contribution in [0.4, 0.5) is 8.78 Å². The van der Waals surface area contributed by atoms with Crippen LogP contribution in [0.3, 0.4) is 0 Å². The van der Waals surface area contributed by atoms with Crippen LogP contribution in [0.1, 0.15) is 69.8 Å². The Morgan fingerprint density at radius 3 is 2.41 bits per heavy atom. The molecule has 2 aliphatic rings. The van der Waals surface area contributed by atoms with E-state index in [-0.39, 0.29) is 6.29 Å². The minimum atomic E-state index is -0.773. The van der Waals surface area contributed by atoms with Crippen LogP contribution in [0.5, 0.6) is 0 Å². The molecule has 1 heterocycles. The van der Waals surface area contributed by atoms with Crippen molar-refractivity contribution in [2.75, 3.05) is 13.2 Å². The molecule has 1 aliphatic carbocycles. The van der Waals surface area contributed by atoms with Crippen molar-refractivity contribution in [1.82, 2.24) is 0 Å². The van der Waals surface area contributed by atoms with Gasteiger partial charge in [-0.2, -0.15) is 0 Å². The van der Waals surface area contributed by atoms with Crippen molar-refractivity contribution in [2.24, 2.45) is 11.8 Å². The van der Waals surface area contributed by atoms with Gasteiger partial charge in [-0.1, -0.05) is 38.0 Å². The normalized spacial score (nSPS) is 29.3. The monoisotopic (exact) mass is 378 g/mol. The minimum absolute atomic E-state index is 0.111. The van der Waals surface area contributed by atoms with E-state index in [9.17, 15) is 8.78 Å². The first-order valence-corrected chi connectivity index (χ1v) is 10.5. The third kappa shape index (κ3) is 5.86. The van der Waals surface area contributed by atoms with E-state index in [0.29, 0.717) is 17.8 Å². The fourth-order valence-electron chi connectivity index (χ4n) is 4.21. The molecular weight excluding hydrogens is 346 g/mol. The van der Waals surface area contributed by atoms with E-state index < -0.39 is 11.6 Å². The largest absolute Gasteiger partial charge is 0.352 e. The van der Waals surface area contributed by atoms with Crippen LogP contribution in [0.15, 0.2) is 30.4 Å². The summed E-state index contributed by atoms with van der Waals surface area (Å²) in [4.78, 5) is 0. The number of halogens is 2. The predicted octanol–water partition coefficient (Wildman–Crippen LogP) is 6.36. The van der Waals surface area contributed by atoms with Crippen molar-refractivity contribution in [3.05, 3.63) is 47.5 Å². The van der Waals surface area contributed by atoms with Crippen molar-refractivity contribution in [1.29, 1.82) is 0 Å². The molecule has 150 valence electrons. The molecule has 2 fully saturated rings. The smallest absolute Gasteiger partial charge is 0.160 e. The summed E-state index contributed by atoms with van der Waals surface area (Å²) < 4.78 is 38.6. The van der Waals surface area contributed by atoms with E-state index in [1.54, 1.807) is 6.07 Å². The van der Waals surface area contributed by atoms with Gasteiger partial charge >= 0.3 is 0 Å². The Morgan fingerprint density at radius 1 is 1.00 bits per heavy atom. The summed E-state index contributed by atoms with van der Waals surface area (Å²) in [7, 11) is 0. The van der Waals surface area contributed by atoms with Crippen LogP contribution in [-0.4, -0.2) is 19.5 Å². The van der Waals surface area contributed by atoms with Gasteiger partial charge in [0.15, 0.2) is 17.9 Å². The Balaban J connectivity index is 1.40. The van der Waals surface area contributed by atoms with Crippen molar-refractivity contribution >= 4 is 0 Å². The summed E-state index contributed by atoms with van der Waals surface area (Å²) >= 11 is 0. The van der Waals surface area contributed by atoms with Gasteiger partial charge in [0.1, 0.15) is 0 Å². The fourth-order valence-corrected chi connectivity index (χ4v) is 4.21. The first kappa shape index (κ1) is 20.5. The molecule has 0 amide bonds. The Morgan fingerprint density at radius 2 is 1.74 bits per heavy atom. The maximum atomic E-state index is 13.5. The van der Waals surface area contributed by atoms with Gasteiger partial charge in [0, 0.05) is 11.8 Å². The lowest BCUT2D eigenvalue weighted by Crippen LogP contribution is -2.37. The number of unbranched alkanes of at least 4 members (excludes halogenated alkanes) is 3. The van der Waals surface area contributed by atoms with Crippen LogP contribution in [-0.2, 0) is 9.47 Å². The zero-order valence-corrected chi connectivity index (χ0v) is 16.3. The third-order valence-corrected chi connectivity index (χ3v) is 5.90. The Kier molecular flexibility index (Phi) is 7.83. The topological polar surface area (TPSA) is 18.5 Å². The third-order valence-electron chi connectivity index (χ3n) is 5.90. The number of ether oxygens (including phenoxy) is 2. The summed E-state index contributed by atoms with van der Waals surface area (Å²) in [6.07, 6.45) is 13.3. The Bertz CT molecular complexity index is 600. The van der Waals surface area contributed by atoms with E-state index in [0.717, 1.165) is 50.9 Å². The van der Waals surface area contributed by atoms with Gasteiger partial charge in [0.2, 0.25) is 0 Å². The second-order valence-electron chi connectivity index (χ2n) is 8.00. The molecular formula is C23H32F2O2. The second-order valence-corrected chi connectivity index (χ2v) is 8.00. The molecule has 27 heavy (non-hydrogen) atoms. The van der Waals surface area contributed by atoms with Crippen molar-refractivity contribution in [2.45, 2.75) is 70.5 Å². The van der Waals surface area contributed by atoms with Crippen LogP contribution in [0.2, 0.25) is 0 Å². The summed E-state index contributed by atoms with van der Waals surface area (Å²) in [5.41, 5.74) is 0.908. The van der Waals surface area contributed by atoms with Crippen LogP contribution >= 0.6 is 0 Å². The molecule has 3 rings (SSSR count). The molecule has 0 unspecified atom stereocenters. The molecule has 0 spiro atoms. The standard InChI is InChI=1S/C23H32F2O2/c1-2-3-4-5-6-7-17-15-26-23(27-16-17)19-10-8-18(9-11-19)20-12-13-21(24)22(25)14-20/h6-7,12-14,17-19,23H,2-5,8-11,15-16H2,1H3/b7-6+. The lowest BCUT2D eigenvalue weighted by molar-refractivity contribution is -0.222. The average molecular weight is 379 g/mol. The first-order valence-electron chi connectivity index (χ1n) is 10.5. The molecule has 1 saturated heterocycles. The maximum absolute atomic E-state index is 13.5. The van der Waals surface area contributed by atoms with Crippen LogP contribution in [0.25, 0.3) is 0 Å². The van der Waals surface area contributed by atoms with E-state index in [1.807, 2.05) is 0 Å². The van der Waals surface area contributed by atoms with Crippen molar-refractivity contribution in [3.63, 3.8) is 0 Å². The summed E-state index contributed by atoms with van der Waals surface area (Å²) in [5.74, 6) is -0.450. The highest BCUT2D eigenvalue weighted by molar-refractivity contribution is 5.22. The lowest BCUT2D eigenvalue weighted by Gasteiger charge is -2.37.